The highest BCUT2D eigenvalue weighted by Gasteiger charge is 2.53. The lowest BCUT2D eigenvalue weighted by Crippen LogP contribution is -2.28. The molecule has 1 nitrogen and oxygen atoms in total. The van der Waals surface area contributed by atoms with Crippen LogP contribution in [0.2, 0.25) is 0 Å². The van der Waals surface area contributed by atoms with Gasteiger partial charge in [-0.1, -0.05) is 23.2 Å². The predicted molar refractivity (Wildman–Crippen MR) is 34.4 cm³/mol. The van der Waals surface area contributed by atoms with Crippen molar-refractivity contribution < 1.29 is 22.7 Å². The first-order chi connectivity index (χ1) is 4.66. The number of hydrogen-bond donors (Lipinski definition) is 1. The second-order valence-corrected chi connectivity index (χ2v) is 2.55. The first-order valence-electron chi connectivity index (χ1n) is 2.41. The van der Waals surface area contributed by atoms with E-state index in [2.05, 4.69) is 23.2 Å². The zero-order valence-electron chi connectivity index (χ0n) is 5.42. The lowest BCUT2D eigenvalue weighted by Gasteiger charge is -2.11. The molecule has 0 aromatic carbocycles. The highest BCUT2D eigenvalue weighted by atomic mass is 35.5. The van der Waals surface area contributed by atoms with Gasteiger partial charge in [-0.15, -0.1) is 0 Å². The number of rotatable bonds is 0. The van der Waals surface area contributed by atoms with Gasteiger partial charge in [-0.3, -0.25) is 0 Å². The molecule has 70 valence electrons. The number of aliphatic hydroxyl groups excluding tert-OH is 1. The highest BCUT2D eigenvalue weighted by molar-refractivity contribution is 6.47. The summed E-state index contributed by atoms with van der Waals surface area (Å²) in [6.45, 7) is 1.93. The van der Waals surface area contributed by atoms with Crippen LogP contribution in [0.3, 0.4) is 0 Å². The van der Waals surface area contributed by atoms with Crippen LogP contribution in [0.1, 0.15) is 6.92 Å². The molecule has 0 aliphatic heterocycles. The van der Waals surface area contributed by atoms with Crippen molar-refractivity contribution in [2.24, 2.45) is 0 Å². The fourth-order valence-corrected chi connectivity index (χ4v) is 0. The summed E-state index contributed by atoms with van der Waals surface area (Å²) in [6, 6.07) is 0. The third kappa shape index (κ3) is 8.16. The van der Waals surface area contributed by atoms with Crippen molar-refractivity contribution in [2.75, 3.05) is 6.61 Å². The molecule has 0 amide bonds. The third-order valence-corrected chi connectivity index (χ3v) is 0.750. The standard InChI is InChI=1S/C2Cl2F4.C2H6O/c3-1(4,5)2(6,7)8;1-2-3/h;3H,2H2,1H3. The van der Waals surface area contributed by atoms with Gasteiger partial charge in [0.25, 0.3) is 0 Å². The Morgan fingerprint density at radius 3 is 1.27 bits per heavy atom. The van der Waals surface area contributed by atoms with E-state index < -0.39 is 10.8 Å². The van der Waals surface area contributed by atoms with Crippen LogP contribution in [0.15, 0.2) is 0 Å². The van der Waals surface area contributed by atoms with Gasteiger partial charge in [0.05, 0.1) is 0 Å². The lowest BCUT2D eigenvalue weighted by molar-refractivity contribution is -0.170. The second kappa shape index (κ2) is 5.00. The van der Waals surface area contributed by atoms with Crippen molar-refractivity contribution in [1.82, 2.24) is 0 Å². The Bertz CT molecular complexity index is 85.2. The fourth-order valence-electron chi connectivity index (χ4n) is 0. The Hall–Kier alpha value is 0.260. The second-order valence-electron chi connectivity index (χ2n) is 1.31. The molecule has 11 heavy (non-hydrogen) atoms. The molecule has 0 aliphatic rings. The molecule has 0 unspecified atom stereocenters. The van der Waals surface area contributed by atoms with Crippen molar-refractivity contribution >= 4 is 23.2 Å². The van der Waals surface area contributed by atoms with E-state index in [-0.39, 0.29) is 6.61 Å². The lowest BCUT2D eigenvalue weighted by atomic mass is 10.7. The van der Waals surface area contributed by atoms with Crippen LogP contribution in [0.5, 0.6) is 0 Å². The first-order valence-corrected chi connectivity index (χ1v) is 3.16. The first kappa shape index (κ1) is 13.8. The van der Waals surface area contributed by atoms with Crippen molar-refractivity contribution in [3.8, 4) is 0 Å². The third-order valence-electron chi connectivity index (χ3n) is 0.321. The van der Waals surface area contributed by atoms with Gasteiger partial charge < -0.3 is 5.11 Å². The van der Waals surface area contributed by atoms with E-state index in [1.54, 1.807) is 6.92 Å². The minimum atomic E-state index is -5.20. The summed E-state index contributed by atoms with van der Waals surface area (Å²) < 4.78 is 40.0. The van der Waals surface area contributed by atoms with E-state index in [0.717, 1.165) is 0 Å². The molecule has 0 saturated carbocycles. The summed E-state index contributed by atoms with van der Waals surface area (Å²) in [6.07, 6.45) is -5.20. The van der Waals surface area contributed by atoms with Gasteiger partial charge in [-0.25, -0.2) is 0 Å². The molecule has 7 heteroatoms. The van der Waals surface area contributed by atoms with Crippen molar-refractivity contribution in [3.63, 3.8) is 0 Å². The van der Waals surface area contributed by atoms with Crippen molar-refractivity contribution in [1.29, 1.82) is 0 Å². The number of halogens is 6. The normalized spacial score (nSPS) is 12.0. The molecule has 0 aromatic heterocycles. The van der Waals surface area contributed by atoms with Gasteiger partial charge >= 0.3 is 10.8 Å². The van der Waals surface area contributed by atoms with Gasteiger partial charge in [-0.2, -0.15) is 17.6 Å². The summed E-state index contributed by atoms with van der Waals surface area (Å²) in [4.78, 5) is 0. The van der Waals surface area contributed by atoms with Crippen LogP contribution in [-0.2, 0) is 0 Å². The SMILES string of the molecule is CCO.FC(F)(F)C(F)(Cl)Cl. The van der Waals surface area contributed by atoms with E-state index in [0.29, 0.717) is 0 Å². The topological polar surface area (TPSA) is 20.2 Å². The molecular formula is C4H6Cl2F4O. The van der Waals surface area contributed by atoms with Gasteiger partial charge in [0.2, 0.25) is 0 Å². The fraction of sp³-hybridized carbons (Fsp3) is 1.00. The molecule has 0 radical (unpaired) electrons. The van der Waals surface area contributed by atoms with Gasteiger partial charge in [0.15, 0.2) is 0 Å². The quantitative estimate of drug-likeness (QED) is 0.488. The average Bonchev–Trinajstić information content (AvgIpc) is 1.60. The van der Waals surface area contributed by atoms with E-state index >= 15 is 0 Å². The summed E-state index contributed by atoms with van der Waals surface area (Å²) in [5, 5.41) is 7.57. The van der Waals surface area contributed by atoms with E-state index in [4.69, 9.17) is 5.11 Å². The Morgan fingerprint density at radius 1 is 1.18 bits per heavy atom. The maximum atomic E-state index is 11.3. The van der Waals surface area contributed by atoms with E-state index in [1.807, 2.05) is 0 Å². The largest absolute Gasteiger partial charge is 0.452 e. The maximum absolute atomic E-state index is 11.3. The molecule has 0 spiro atoms. The smallest absolute Gasteiger partial charge is 0.397 e. The Labute approximate surface area is 70.9 Å². The van der Waals surface area contributed by atoms with Crippen molar-refractivity contribution in [2.45, 2.75) is 17.7 Å². The molecule has 0 heterocycles. The Balaban J connectivity index is 0. The van der Waals surface area contributed by atoms with Gasteiger partial charge in [0, 0.05) is 6.61 Å². The maximum Gasteiger partial charge on any atom is 0.452 e. The van der Waals surface area contributed by atoms with E-state index in [1.165, 1.54) is 0 Å². The monoisotopic (exact) mass is 216 g/mol. The van der Waals surface area contributed by atoms with Crippen LogP contribution >= 0.6 is 23.2 Å². The summed E-state index contributed by atoms with van der Waals surface area (Å²) in [5.74, 6) is 0. The minimum Gasteiger partial charge on any atom is -0.397 e. The number of alkyl halides is 6. The van der Waals surface area contributed by atoms with Crippen LogP contribution in [0.4, 0.5) is 17.6 Å². The van der Waals surface area contributed by atoms with Crippen LogP contribution < -0.4 is 0 Å². The van der Waals surface area contributed by atoms with Crippen LogP contribution in [-0.4, -0.2) is 22.5 Å². The molecule has 0 bridgehead atoms. The van der Waals surface area contributed by atoms with Crippen LogP contribution in [0.25, 0.3) is 0 Å². The van der Waals surface area contributed by atoms with Gasteiger partial charge in [-0.05, 0) is 6.92 Å². The van der Waals surface area contributed by atoms with E-state index in [9.17, 15) is 17.6 Å². The molecule has 0 aromatic rings. The van der Waals surface area contributed by atoms with Crippen molar-refractivity contribution in [3.05, 3.63) is 0 Å². The summed E-state index contributed by atoms with van der Waals surface area (Å²) in [5.41, 5.74) is 0. The molecule has 0 aliphatic carbocycles. The highest BCUT2D eigenvalue weighted by Crippen LogP contribution is 2.40. The Morgan fingerprint density at radius 2 is 1.27 bits per heavy atom. The number of aliphatic hydroxyl groups is 1. The van der Waals surface area contributed by atoms with Crippen LogP contribution in [0, 0.1) is 0 Å². The molecule has 0 fully saturated rings. The summed E-state index contributed by atoms with van der Waals surface area (Å²) >= 11 is 7.97. The molecule has 0 rings (SSSR count). The molecule has 0 atom stereocenters. The average molecular weight is 217 g/mol. The number of hydrogen-bond acceptors (Lipinski definition) is 1. The zero-order valence-corrected chi connectivity index (χ0v) is 6.93. The summed E-state index contributed by atoms with van der Waals surface area (Å²) in [7, 11) is 0. The van der Waals surface area contributed by atoms with Gasteiger partial charge in [0.1, 0.15) is 0 Å². The predicted octanol–water partition coefficient (Wildman–Crippen LogP) is 2.65. The molecule has 0 saturated heterocycles. The Kier molecular flexibility index (Phi) is 6.29. The molecule has 1 N–H and O–H groups in total. The zero-order chi connectivity index (χ0) is 9.71. The molecular weight excluding hydrogens is 211 g/mol. The minimum absolute atomic E-state index is 0.250.